The van der Waals surface area contributed by atoms with Crippen molar-refractivity contribution in [2.45, 2.75) is 44.2 Å². The zero-order valence-corrected chi connectivity index (χ0v) is 17.7. The number of likely N-dealkylation sites (tertiary alicyclic amines) is 1. The van der Waals surface area contributed by atoms with Gasteiger partial charge in [-0.15, -0.1) is 0 Å². The first-order chi connectivity index (χ1) is 14.6. The van der Waals surface area contributed by atoms with E-state index in [9.17, 15) is 9.59 Å². The highest BCUT2D eigenvalue weighted by Gasteiger charge is 2.31. The highest BCUT2D eigenvalue weighted by molar-refractivity contribution is 6.30. The zero-order valence-electron chi connectivity index (χ0n) is 16.9. The monoisotopic (exact) mass is 426 g/mol. The summed E-state index contributed by atoms with van der Waals surface area (Å²) in [6, 6.07) is 16.9. The van der Waals surface area contributed by atoms with Crippen molar-refractivity contribution in [2.24, 2.45) is 5.92 Å². The molecule has 2 aromatic rings. The third-order valence-corrected chi connectivity index (χ3v) is 6.10. The maximum atomic E-state index is 12.8. The predicted molar refractivity (Wildman–Crippen MR) is 117 cm³/mol. The molecule has 2 amide bonds. The van der Waals surface area contributed by atoms with Crippen LogP contribution in [0.15, 0.2) is 54.6 Å². The number of amides is 2. The fourth-order valence-electron chi connectivity index (χ4n) is 3.89. The molecule has 0 spiro atoms. The molecule has 2 aromatic carbocycles. The Morgan fingerprint density at radius 3 is 2.30 bits per heavy atom. The normalized spacial score (nSPS) is 18.0. The molecule has 2 aliphatic rings. The van der Waals surface area contributed by atoms with Crippen LogP contribution in [0.5, 0.6) is 0 Å². The Balaban J connectivity index is 1.37. The summed E-state index contributed by atoms with van der Waals surface area (Å²) in [6.07, 6.45) is 4.63. The van der Waals surface area contributed by atoms with Crippen molar-refractivity contribution in [3.8, 4) is 0 Å². The lowest BCUT2D eigenvalue weighted by atomic mass is 9.87. The summed E-state index contributed by atoms with van der Waals surface area (Å²) in [5.41, 5.74) is 1.69. The van der Waals surface area contributed by atoms with Crippen molar-refractivity contribution < 1.29 is 14.3 Å². The van der Waals surface area contributed by atoms with Gasteiger partial charge < -0.3 is 15.0 Å². The lowest BCUT2D eigenvalue weighted by molar-refractivity contribution is 0.0796. The molecule has 0 bridgehead atoms. The lowest BCUT2D eigenvalue weighted by Crippen LogP contribution is -2.40. The van der Waals surface area contributed by atoms with Gasteiger partial charge in [-0.25, -0.2) is 4.79 Å². The Hall–Kier alpha value is -2.53. The number of hydrogen-bond acceptors (Lipinski definition) is 3. The van der Waals surface area contributed by atoms with E-state index in [0.717, 1.165) is 37.7 Å². The van der Waals surface area contributed by atoms with Gasteiger partial charge in [0.05, 0.1) is 6.04 Å². The summed E-state index contributed by atoms with van der Waals surface area (Å²) in [6.45, 7) is 1.42. The van der Waals surface area contributed by atoms with Crippen LogP contribution in [0.1, 0.15) is 54.1 Å². The van der Waals surface area contributed by atoms with E-state index in [4.69, 9.17) is 16.3 Å². The van der Waals surface area contributed by atoms with Gasteiger partial charge >= 0.3 is 6.09 Å². The summed E-state index contributed by atoms with van der Waals surface area (Å²) >= 11 is 5.94. The molecule has 5 nitrogen and oxygen atoms in total. The maximum absolute atomic E-state index is 12.8. The molecule has 1 saturated heterocycles. The molecule has 1 heterocycles. The van der Waals surface area contributed by atoms with E-state index >= 15 is 0 Å². The smallest absolute Gasteiger partial charge is 0.410 e. The number of nitrogens with zero attached hydrogens (tertiary/aromatic N) is 1. The molecular weight excluding hydrogens is 400 g/mol. The van der Waals surface area contributed by atoms with Gasteiger partial charge in [0.15, 0.2) is 0 Å². The third kappa shape index (κ3) is 5.54. The van der Waals surface area contributed by atoms with Crippen molar-refractivity contribution in [3.05, 3.63) is 70.7 Å². The van der Waals surface area contributed by atoms with E-state index in [1.54, 1.807) is 24.3 Å². The molecule has 30 heavy (non-hydrogen) atoms. The molecule has 2 fully saturated rings. The number of benzene rings is 2. The first-order valence-corrected chi connectivity index (χ1v) is 11.0. The molecule has 1 saturated carbocycles. The molecule has 6 heteroatoms. The molecule has 1 atom stereocenters. The number of rotatable bonds is 6. The van der Waals surface area contributed by atoms with E-state index in [0.29, 0.717) is 29.6 Å². The van der Waals surface area contributed by atoms with E-state index in [1.165, 1.54) is 0 Å². The molecule has 0 aromatic heterocycles. The molecule has 1 N–H and O–H groups in total. The average molecular weight is 427 g/mol. The molecule has 1 aliphatic carbocycles. The van der Waals surface area contributed by atoms with Gasteiger partial charge in [0.2, 0.25) is 0 Å². The van der Waals surface area contributed by atoms with Gasteiger partial charge in [-0.3, -0.25) is 4.79 Å². The van der Waals surface area contributed by atoms with E-state index < -0.39 is 0 Å². The minimum Gasteiger partial charge on any atom is -0.446 e. The highest BCUT2D eigenvalue weighted by atomic mass is 35.5. The van der Waals surface area contributed by atoms with Gasteiger partial charge in [-0.1, -0.05) is 41.9 Å². The van der Waals surface area contributed by atoms with Gasteiger partial charge in [0.25, 0.3) is 5.91 Å². The number of carbonyl (C=O) groups excluding carboxylic acids is 2. The Morgan fingerprint density at radius 2 is 1.67 bits per heavy atom. The van der Waals surface area contributed by atoms with Crippen molar-refractivity contribution in [3.63, 3.8) is 0 Å². The van der Waals surface area contributed by atoms with Crippen LogP contribution < -0.4 is 5.32 Å². The van der Waals surface area contributed by atoms with Crippen LogP contribution in [-0.4, -0.2) is 36.1 Å². The second kappa shape index (κ2) is 9.52. The molecule has 1 aliphatic heterocycles. The minimum atomic E-state index is -0.174. The van der Waals surface area contributed by atoms with Crippen molar-refractivity contribution in [1.82, 2.24) is 10.2 Å². The summed E-state index contributed by atoms with van der Waals surface area (Å²) < 4.78 is 5.42. The maximum Gasteiger partial charge on any atom is 0.410 e. The van der Waals surface area contributed by atoms with Gasteiger partial charge in [-0.2, -0.15) is 0 Å². The van der Waals surface area contributed by atoms with Crippen molar-refractivity contribution in [2.75, 3.05) is 13.1 Å². The first-order valence-electron chi connectivity index (χ1n) is 10.7. The van der Waals surface area contributed by atoms with Gasteiger partial charge in [0, 0.05) is 23.7 Å². The Labute approximate surface area is 182 Å². The average Bonchev–Trinajstić information content (AvgIpc) is 3.59. The largest absolute Gasteiger partial charge is 0.446 e. The Bertz CT molecular complexity index is 860. The third-order valence-electron chi connectivity index (χ3n) is 5.85. The van der Waals surface area contributed by atoms with E-state index in [2.05, 4.69) is 17.4 Å². The van der Waals surface area contributed by atoms with E-state index in [1.807, 2.05) is 23.1 Å². The number of hydrogen-bond donors (Lipinski definition) is 1. The second-order valence-corrected chi connectivity index (χ2v) is 8.63. The van der Waals surface area contributed by atoms with Crippen LogP contribution >= 0.6 is 11.6 Å². The van der Waals surface area contributed by atoms with Crippen molar-refractivity contribution >= 4 is 23.6 Å². The lowest BCUT2D eigenvalue weighted by Gasteiger charge is -2.33. The number of halogens is 1. The number of piperidine rings is 1. The molecule has 4 rings (SSSR count). The summed E-state index contributed by atoms with van der Waals surface area (Å²) in [4.78, 5) is 26.8. The number of nitrogens with one attached hydrogen (secondary N) is 1. The zero-order chi connectivity index (χ0) is 20.9. The summed E-state index contributed by atoms with van der Waals surface area (Å²) in [5, 5.41) is 3.81. The molecule has 0 radical (unpaired) electrons. The van der Waals surface area contributed by atoms with Gasteiger partial charge in [0.1, 0.15) is 6.10 Å². The van der Waals surface area contributed by atoms with Crippen LogP contribution in [0.2, 0.25) is 5.02 Å². The first kappa shape index (κ1) is 20.7. The summed E-state index contributed by atoms with van der Waals surface area (Å²) in [7, 11) is 0. The summed E-state index contributed by atoms with van der Waals surface area (Å²) in [5.74, 6) is 0.330. The topological polar surface area (TPSA) is 58.6 Å². The predicted octanol–water partition coefficient (Wildman–Crippen LogP) is 5.21. The molecule has 1 unspecified atom stereocenters. The second-order valence-electron chi connectivity index (χ2n) is 8.19. The van der Waals surface area contributed by atoms with Crippen LogP contribution in [0.4, 0.5) is 4.79 Å². The Morgan fingerprint density at radius 1 is 1.00 bits per heavy atom. The highest BCUT2D eigenvalue weighted by Crippen LogP contribution is 2.30. The van der Waals surface area contributed by atoms with Crippen LogP contribution in [0.25, 0.3) is 0 Å². The van der Waals surface area contributed by atoms with E-state index in [-0.39, 0.29) is 24.1 Å². The quantitative estimate of drug-likeness (QED) is 0.689. The standard InChI is InChI=1S/C24H27ClN2O3/c25-20-8-6-19(7-9-20)23(28)26-22(18-4-2-1-3-5-18)16-17-12-14-27(15-13-17)24(29)30-21-10-11-21/h1-9,17,21-22H,10-16H2,(H,26,28). The van der Waals surface area contributed by atoms with Crippen molar-refractivity contribution in [1.29, 1.82) is 0 Å². The fourth-order valence-corrected chi connectivity index (χ4v) is 4.02. The van der Waals surface area contributed by atoms with Crippen LogP contribution in [0, 0.1) is 5.92 Å². The van der Waals surface area contributed by atoms with Gasteiger partial charge in [-0.05, 0) is 67.9 Å². The fraction of sp³-hybridized carbons (Fsp3) is 0.417. The molecule has 158 valence electrons. The van der Waals surface area contributed by atoms with Crippen LogP contribution in [0.3, 0.4) is 0 Å². The number of carbonyl (C=O) groups is 2. The molecular formula is C24H27ClN2O3. The Kier molecular flexibility index (Phi) is 6.58. The SMILES string of the molecule is O=C(NC(CC1CCN(C(=O)OC2CC2)CC1)c1ccccc1)c1ccc(Cl)cc1. The van der Waals surface area contributed by atoms with Crippen LogP contribution in [-0.2, 0) is 4.74 Å². The minimum absolute atomic E-state index is 0.0793. The number of ether oxygens (including phenoxy) is 1.